The first-order chi connectivity index (χ1) is 6.84. The van der Waals surface area contributed by atoms with Crippen LogP contribution < -0.4 is 0 Å². The molecule has 0 saturated heterocycles. The maximum atomic E-state index is 3.54. The van der Waals surface area contributed by atoms with E-state index in [-0.39, 0.29) is 0 Å². The van der Waals surface area contributed by atoms with E-state index in [1.54, 1.807) is 5.56 Å². The van der Waals surface area contributed by atoms with E-state index in [2.05, 4.69) is 36.2 Å². The number of aromatic amines is 1. The molecule has 1 heterocycles. The number of hydrogen-bond acceptors (Lipinski definition) is 0. The summed E-state index contributed by atoms with van der Waals surface area (Å²) in [5.41, 5.74) is 4.36. The number of para-hydroxylation sites is 1. The number of rotatable bonds is 0. The molecule has 1 aromatic carbocycles. The van der Waals surface area contributed by atoms with Crippen molar-refractivity contribution in [2.75, 3.05) is 0 Å². The van der Waals surface area contributed by atoms with Gasteiger partial charge < -0.3 is 4.98 Å². The number of fused-ring (bicyclic) bond motifs is 3. The van der Waals surface area contributed by atoms with Gasteiger partial charge in [-0.15, -0.1) is 0 Å². The van der Waals surface area contributed by atoms with Crippen molar-refractivity contribution in [2.45, 2.75) is 26.2 Å². The van der Waals surface area contributed by atoms with Crippen molar-refractivity contribution in [3.8, 4) is 0 Å². The molecule has 2 aromatic rings. The molecule has 0 saturated carbocycles. The van der Waals surface area contributed by atoms with Crippen molar-refractivity contribution in [3.05, 3.63) is 35.5 Å². The predicted octanol–water partition coefficient (Wildman–Crippen LogP) is 3.29. The van der Waals surface area contributed by atoms with Crippen LogP contribution in [-0.4, -0.2) is 4.98 Å². The third kappa shape index (κ3) is 1.08. The highest BCUT2D eigenvalue weighted by Crippen LogP contribution is 2.31. The fourth-order valence-electron chi connectivity index (χ4n) is 2.54. The van der Waals surface area contributed by atoms with Crippen molar-refractivity contribution < 1.29 is 0 Å². The van der Waals surface area contributed by atoms with Crippen LogP contribution in [0.2, 0.25) is 0 Å². The number of aromatic nitrogens is 1. The Morgan fingerprint density at radius 3 is 3.07 bits per heavy atom. The smallest absolute Gasteiger partial charge is 0.0458 e. The van der Waals surface area contributed by atoms with E-state index in [1.807, 2.05) is 0 Å². The fourth-order valence-corrected chi connectivity index (χ4v) is 2.54. The lowest BCUT2D eigenvalue weighted by molar-refractivity contribution is 0.499. The second kappa shape index (κ2) is 2.88. The molecule has 3 rings (SSSR count). The maximum absolute atomic E-state index is 3.54. The van der Waals surface area contributed by atoms with E-state index in [4.69, 9.17) is 0 Å². The van der Waals surface area contributed by atoms with Gasteiger partial charge in [-0.1, -0.05) is 25.1 Å². The Morgan fingerprint density at radius 1 is 1.29 bits per heavy atom. The summed E-state index contributed by atoms with van der Waals surface area (Å²) in [6, 6.07) is 8.66. The second-order valence-electron chi connectivity index (χ2n) is 4.48. The number of hydrogen-bond donors (Lipinski definition) is 1. The minimum atomic E-state index is 0.849. The quantitative estimate of drug-likeness (QED) is 0.648. The van der Waals surface area contributed by atoms with Gasteiger partial charge in [-0.05, 0) is 36.8 Å². The van der Waals surface area contributed by atoms with Crippen LogP contribution >= 0.6 is 0 Å². The van der Waals surface area contributed by atoms with Crippen LogP contribution in [0.1, 0.15) is 24.6 Å². The molecule has 0 radical (unpaired) electrons. The zero-order valence-electron chi connectivity index (χ0n) is 8.51. The molecule has 1 nitrogen and oxygen atoms in total. The summed E-state index contributed by atoms with van der Waals surface area (Å²) < 4.78 is 0. The molecule has 0 amide bonds. The second-order valence-corrected chi connectivity index (χ2v) is 4.48. The van der Waals surface area contributed by atoms with Gasteiger partial charge >= 0.3 is 0 Å². The third-order valence-electron chi connectivity index (χ3n) is 3.34. The molecule has 0 bridgehead atoms. The lowest BCUT2D eigenvalue weighted by Crippen LogP contribution is -2.09. The number of H-pyrrole nitrogens is 1. The van der Waals surface area contributed by atoms with E-state index in [9.17, 15) is 0 Å². The van der Waals surface area contributed by atoms with E-state index < -0.39 is 0 Å². The van der Waals surface area contributed by atoms with Crippen LogP contribution in [0.5, 0.6) is 0 Å². The lowest BCUT2D eigenvalue weighted by atomic mass is 9.88. The van der Waals surface area contributed by atoms with Crippen molar-refractivity contribution in [1.29, 1.82) is 0 Å². The van der Waals surface area contributed by atoms with Gasteiger partial charge in [0.25, 0.3) is 0 Å². The first kappa shape index (κ1) is 8.10. The van der Waals surface area contributed by atoms with E-state index in [0.717, 1.165) is 5.92 Å². The minimum absolute atomic E-state index is 0.849. The van der Waals surface area contributed by atoms with Crippen LogP contribution in [0, 0.1) is 5.92 Å². The van der Waals surface area contributed by atoms with Gasteiger partial charge in [-0.3, -0.25) is 0 Å². The normalized spacial score (nSPS) is 21.1. The summed E-state index contributed by atoms with van der Waals surface area (Å²) in [6.45, 7) is 2.35. The Morgan fingerprint density at radius 2 is 2.14 bits per heavy atom. The molecule has 0 fully saturated rings. The van der Waals surface area contributed by atoms with Crippen LogP contribution in [0.15, 0.2) is 24.3 Å². The molecule has 1 heteroatoms. The Labute approximate surface area is 84.1 Å². The minimum Gasteiger partial charge on any atom is -0.358 e. The van der Waals surface area contributed by atoms with Gasteiger partial charge in [0.1, 0.15) is 0 Å². The molecule has 1 aliphatic carbocycles. The van der Waals surface area contributed by atoms with Gasteiger partial charge in [0.2, 0.25) is 0 Å². The van der Waals surface area contributed by atoms with Crippen LogP contribution in [0.4, 0.5) is 0 Å². The monoisotopic (exact) mass is 185 g/mol. The van der Waals surface area contributed by atoms with Crippen molar-refractivity contribution in [2.24, 2.45) is 5.92 Å². The lowest BCUT2D eigenvalue weighted by Gasteiger charge is -2.17. The van der Waals surface area contributed by atoms with Crippen LogP contribution in [0.3, 0.4) is 0 Å². The zero-order valence-corrected chi connectivity index (χ0v) is 8.51. The predicted molar refractivity (Wildman–Crippen MR) is 59.5 cm³/mol. The van der Waals surface area contributed by atoms with Crippen molar-refractivity contribution in [1.82, 2.24) is 4.98 Å². The molecule has 1 aliphatic rings. The fraction of sp³-hybridized carbons (Fsp3) is 0.385. The molecule has 14 heavy (non-hydrogen) atoms. The summed E-state index contributed by atoms with van der Waals surface area (Å²) in [4.78, 5) is 3.54. The zero-order chi connectivity index (χ0) is 9.54. The number of aryl methyl sites for hydroxylation is 1. The standard InChI is InChI=1S/C13H15N/c1-9-6-7-13-11(8-9)10-4-2-3-5-12(10)14-13/h2-5,9,14H,6-8H2,1H3. The van der Waals surface area contributed by atoms with Gasteiger partial charge in [0.15, 0.2) is 0 Å². The highest BCUT2D eigenvalue weighted by molar-refractivity contribution is 5.84. The SMILES string of the molecule is CC1CCc2[nH]c3ccccc3c2C1. The average Bonchev–Trinajstić information content (AvgIpc) is 2.56. The molecule has 0 spiro atoms. The van der Waals surface area contributed by atoms with Gasteiger partial charge in [-0.25, -0.2) is 0 Å². The first-order valence-corrected chi connectivity index (χ1v) is 5.43. The molecular formula is C13H15N. The van der Waals surface area contributed by atoms with Gasteiger partial charge in [0.05, 0.1) is 0 Å². The topological polar surface area (TPSA) is 15.8 Å². The molecule has 0 aliphatic heterocycles. The Kier molecular flexibility index (Phi) is 1.66. The van der Waals surface area contributed by atoms with Crippen molar-refractivity contribution in [3.63, 3.8) is 0 Å². The van der Waals surface area contributed by atoms with E-state index in [1.165, 1.54) is 35.9 Å². The van der Waals surface area contributed by atoms with E-state index >= 15 is 0 Å². The number of nitrogens with one attached hydrogen (secondary N) is 1. The summed E-state index contributed by atoms with van der Waals surface area (Å²) in [7, 11) is 0. The highest BCUT2D eigenvalue weighted by atomic mass is 14.7. The van der Waals surface area contributed by atoms with Crippen LogP contribution in [-0.2, 0) is 12.8 Å². The number of benzene rings is 1. The molecule has 1 N–H and O–H groups in total. The Balaban J connectivity index is 2.25. The van der Waals surface area contributed by atoms with E-state index in [0.29, 0.717) is 0 Å². The van der Waals surface area contributed by atoms with Gasteiger partial charge in [0, 0.05) is 16.6 Å². The molecule has 1 aromatic heterocycles. The molecule has 1 unspecified atom stereocenters. The maximum Gasteiger partial charge on any atom is 0.0458 e. The third-order valence-corrected chi connectivity index (χ3v) is 3.34. The molecule has 1 atom stereocenters. The summed E-state index contributed by atoms with van der Waals surface area (Å²) >= 11 is 0. The van der Waals surface area contributed by atoms with Gasteiger partial charge in [-0.2, -0.15) is 0 Å². The first-order valence-electron chi connectivity index (χ1n) is 5.43. The van der Waals surface area contributed by atoms with Crippen LogP contribution in [0.25, 0.3) is 10.9 Å². The molecular weight excluding hydrogens is 170 g/mol. The summed E-state index contributed by atoms with van der Waals surface area (Å²) in [5.74, 6) is 0.849. The average molecular weight is 185 g/mol. The highest BCUT2D eigenvalue weighted by Gasteiger charge is 2.18. The molecule has 72 valence electrons. The summed E-state index contributed by atoms with van der Waals surface area (Å²) in [5, 5.41) is 1.44. The van der Waals surface area contributed by atoms with Crippen molar-refractivity contribution >= 4 is 10.9 Å². The Hall–Kier alpha value is -1.24. The largest absolute Gasteiger partial charge is 0.358 e. The Bertz CT molecular complexity index is 467. The summed E-state index contributed by atoms with van der Waals surface area (Å²) in [6.07, 6.45) is 3.81.